The van der Waals surface area contributed by atoms with Crippen LogP contribution in [0.25, 0.3) is 6.08 Å². The number of benzene rings is 3. The Labute approximate surface area is 181 Å². The van der Waals surface area contributed by atoms with E-state index in [4.69, 9.17) is 19.4 Å². The van der Waals surface area contributed by atoms with E-state index in [0.717, 1.165) is 28.5 Å². The maximum atomic E-state index is 10.6. The third-order valence-corrected chi connectivity index (χ3v) is 4.31. The van der Waals surface area contributed by atoms with Gasteiger partial charge in [-0.05, 0) is 41.5 Å². The summed E-state index contributed by atoms with van der Waals surface area (Å²) >= 11 is 0. The van der Waals surface area contributed by atoms with E-state index in [1.54, 1.807) is 24.3 Å². The number of carboxylic acids is 1. The standard InChI is InChI=1S/C25H23NO5/c1-29-26-24(21-5-3-2-4-6-21)18-31-23-14-9-20(10-15-23)17-30-22-12-7-19(8-13-22)11-16-25(27)28/h2-16H,17-18H2,1H3,(H,27,28)/b16-11+,26-24?. The summed E-state index contributed by atoms with van der Waals surface area (Å²) in [6.07, 6.45) is 2.63. The highest BCUT2D eigenvalue weighted by atomic mass is 16.6. The van der Waals surface area contributed by atoms with Gasteiger partial charge in [0.2, 0.25) is 0 Å². The Balaban J connectivity index is 1.52. The molecule has 0 aliphatic carbocycles. The van der Waals surface area contributed by atoms with Crippen LogP contribution in [0.3, 0.4) is 0 Å². The summed E-state index contributed by atoms with van der Waals surface area (Å²) in [7, 11) is 1.51. The molecule has 0 saturated carbocycles. The van der Waals surface area contributed by atoms with Crippen LogP contribution in [0.2, 0.25) is 0 Å². The lowest BCUT2D eigenvalue weighted by molar-refractivity contribution is -0.131. The third-order valence-electron chi connectivity index (χ3n) is 4.31. The SMILES string of the molecule is CON=C(COc1ccc(COc2ccc(/C=C/C(=O)O)cc2)cc1)c1ccccc1. The molecule has 0 atom stereocenters. The van der Waals surface area contributed by atoms with Crippen molar-refractivity contribution in [2.45, 2.75) is 6.61 Å². The molecule has 0 bridgehead atoms. The second-order valence-electron chi connectivity index (χ2n) is 6.55. The molecule has 0 aliphatic rings. The predicted octanol–water partition coefficient (Wildman–Crippen LogP) is 4.79. The van der Waals surface area contributed by atoms with Crippen molar-refractivity contribution in [1.29, 1.82) is 0 Å². The Kier molecular flexibility index (Phi) is 7.83. The van der Waals surface area contributed by atoms with E-state index < -0.39 is 5.97 Å². The topological polar surface area (TPSA) is 77.3 Å². The van der Waals surface area contributed by atoms with Gasteiger partial charge in [0, 0.05) is 11.6 Å². The first-order valence-corrected chi connectivity index (χ1v) is 9.65. The van der Waals surface area contributed by atoms with Crippen molar-refractivity contribution in [1.82, 2.24) is 0 Å². The van der Waals surface area contributed by atoms with Crippen LogP contribution in [0.15, 0.2) is 90.1 Å². The lowest BCUT2D eigenvalue weighted by Gasteiger charge is -2.10. The number of aliphatic carboxylic acids is 1. The smallest absolute Gasteiger partial charge is 0.328 e. The number of carbonyl (C=O) groups is 1. The zero-order valence-corrected chi connectivity index (χ0v) is 17.1. The number of nitrogens with zero attached hydrogens (tertiary/aromatic N) is 1. The molecule has 6 nitrogen and oxygen atoms in total. The van der Waals surface area contributed by atoms with Crippen LogP contribution < -0.4 is 9.47 Å². The number of carboxylic acid groups (broad SMARTS) is 1. The highest BCUT2D eigenvalue weighted by molar-refractivity contribution is 6.01. The van der Waals surface area contributed by atoms with Gasteiger partial charge in [-0.3, -0.25) is 0 Å². The molecule has 0 amide bonds. The molecule has 31 heavy (non-hydrogen) atoms. The zero-order valence-electron chi connectivity index (χ0n) is 17.1. The Morgan fingerprint density at radius 2 is 1.55 bits per heavy atom. The minimum absolute atomic E-state index is 0.288. The van der Waals surface area contributed by atoms with Gasteiger partial charge in [0.05, 0.1) is 0 Å². The normalized spacial score (nSPS) is 11.3. The van der Waals surface area contributed by atoms with Crippen molar-refractivity contribution in [3.63, 3.8) is 0 Å². The van der Waals surface area contributed by atoms with E-state index >= 15 is 0 Å². The molecule has 0 fully saturated rings. The van der Waals surface area contributed by atoms with Gasteiger partial charge in [-0.1, -0.05) is 59.8 Å². The quantitative estimate of drug-likeness (QED) is 0.291. The number of hydrogen-bond donors (Lipinski definition) is 1. The molecule has 0 aromatic heterocycles. The molecule has 6 heteroatoms. The maximum Gasteiger partial charge on any atom is 0.328 e. The summed E-state index contributed by atoms with van der Waals surface area (Å²) in [4.78, 5) is 15.5. The van der Waals surface area contributed by atoms with E-state index in [0.29, 0.717) is 18.1 Å². The summed E-state index contributed by atoms with van der Waals surface area (Å²) in [6, 6.07) is 24.6. The fourth-order valence-electron chi connectivity index (χ4n) is 2.75. The first-order valence-electron chi connectivity index (χ1n) is 9.65. The number of hydrogen-bond acceptors (Lipinski definition) is 5. The molecule has 0 radical (unpaired) electrons. The van der Waals surface area contributed by atoms with Crippen molar-refractivity contribution in [2.75, 3.05) is 13.7 Å². The highest BCUT2D eigenvalue weighted by Crippen LogP contribution is 2.17. The molecule has 0 heterocycles. The monoisotopic (exact) mass is 417 g/mol. The zero-order chi connectivity index (χ0) is 21.9. The van der Waals surface area contributed by atoms with Crippen LogP contribution in [0, 0.1) is 0 Å². The summed E-state index contributed by atoms with van der Waals surface area (Å²) in [6.45, 7) is 0.696. The van der Waals surface area contributed by atoms with Crippen LogP contribution >= 0.6 is 0 Å². The summed E-state index contributed by atoms with van der Waals surface area (Å²) < 4.78 is 11.6. The average molecular weight is 417 g/mol. The van der Waals surface area contributed by atoms with Gasteiger partial charge >= 0.3 is 5.97 Å². The second-order valence-corrected chi connectivity index (χ2v) is 6.55. The average Bonchev–Trinajstić information content (AvgIpc) is 2.81. The minimum Gasteiger partial charge on any atom is -0.489 e. The molecule has 3 rings (SSSR count). The summed E-state index contributed by atoms with van der Waals surface area (Å²) in [5.74, 6) is 0.448. The Hall–Kier alpha value is -4.06. The molecular weight excluding hydrogens is 394 g/mol. The Bertz CT molecular complexity index is 1030. The second kappa shape index (κ2) is 11.2. The van der Waals surface area contributed by atoms with Crippen LogP contribution in [0.4, 0.5) is 0 Å². The molecule has 0 unspecified atom stereocenters. The van der Waals surface area contributed by atoms with Gasteiger partial charge in [-0.2, -0.15) is 0 Å². The Morgan fingerprint density at radius 1 is 0.903 bits per heavy atom. The fourth-order valence-corrected chi connectivity index (χ4v) is 2.75. The number of rotatable bonds is 10. The van der Waals surface area contributed by atoms with Gasteiger partial charge in [-0.15, -0.1) is 0 Å². The highest BCUT2D eigenvalue weighted by Gasteiger charge is 2.06. The van der Waals surface area contributed by atoms with Gasteiger partial charge in [0.15, 0.2) is 0 Å². The molecule has 3 aromatic rings. The van der Waals surface area contributed by atoms with Crippen molar-refractivity contribution in [3.05, 3.63) is 102 Å². The summed E-state index contributed by atoms with van der Waals surface area (Å²) in [5.41, 5.74) is 3.44. The lowest BCUT2D eigenvalue weighted by atomic mass is 10.1. The van der Waals surface area contributed by atoms with E-state index in [-0.39, 0.29) is 6.61 Å². The predicted molar refractivity (Wildman–Crippen MR) is 119 cm³/mol. The largest absolute Gasteiger partial charge is 0.489 e. The van der Waals surface area contributed by atoms with E-state index in [2.05, 4.69) is 5.16 Å². The van der Waals surface area contributed by atoms with Gasteiger partial charge in [0.1, 0.15) is 37.5 Å². The van der Waals surface area contributed by atoms with Crippen molar-refractivity contribution < 1.29 is 24.2 Å². The lowest BCUT2D eigenvalue weighted by Crippen LogP contribution is -2.13. The first-order chi connectivity index (χ1) is 15.1. The minimum atomic E-state index is -0.977. The first kappa shape index (κ1) is 21.6. The van der Waals surface area contributed by atoms with Crippen LogP contribution in [0.1, 0.15) is 16.7 Å². The van der Waals surface area contributed by atoms with Crippen LogP contribution in [-0.2, 0) is 16.2 Å². The van der Waals surface area contributed by atoms with E-state index in [9.17, 15) is 4.79 Å². The van der Waals surface area contributed by atoms with Gasteiger partial charge < -0.3 is 19.4 Å². The summed E-state index contributed by atoms with van der Waals surface area (Å²) in [5, 5.41) is 12.7. The van der Waals surface area contributed by atoms with Crippen LogP contribution in [-0.4, -0.2) is 30.5 Å². The van der Waals surface area contributed by atoms with Crippen molar-refractivity contribution in [3.8, 4) is 11.5 Å². The molecule has 158 valence electrons. The van der Waals surface area contributed by atoms with E-state index in [1.807, 2.05) is 54.6 Å². The van der Waals surface area contributed by atoms with Gasteiger partial charge in [0.25, 0.3) is 0 Å². The molecule has 0 saturated heterocycles. The fraction of sp³-hybridized carbons (Fsp3) is 0.120. The van der Waals surface area contributed by atoms with Gasteiger partial charge in [-0.25, -0.2) is 4.79 Å². The number of ether oxygens (including phenoxy) is 2. The Morgan fingerprint density at radius 3 is 2.19 bits per heavy atom. The molecule has 3 aromatic carbocycles. The molecule has 1 N–H and O–H groups in total. The molecule has 0 aliphatic heterocycles. The van der Waals surface area contributed by atoms with E-state index in [1.165, 1.54) is 13.2 Å². The van der Waals surface area contributed by atoms with Crippen LogP contribution in [0.5, 0.6) is 11.5 Å². The molecular formula is C25H23NO5. The van der Waals surface area contributed by atoms with Crippen molar-refractivity contribution in [2.24, 2.45) is 5.16 Å². The third kappa shape index (κ3) is 7.04. The van der Waals surface area contributed by atoms with Crippen molar-refractivity contribution >= 4 is 17.8 Å². The maximum absolute atomic E-state index is 10.6. The number of oxime groups is 1. The molecule has 0 spiro atoms.